The van der Waals surface area contributed by atoms with Crippen molar-refractivity contribution in [2.75, 3.05) is 0 Å². The summed E-state index contributed by atoms with van der Waals surface area (Å²) in [5.41, 5.74) is 2.23. The molecule has 0 heterocycles. The van der Waals surface area contributed by atoms with Gasteiger partial charge in [0.2, 0.25) is 0 Å². The van der Waals surface area contributed by atoms with Gasteiger partial charge in [0.1, 0.15) is 5.76 Å². The zero-order valence-electron chi connectivity index (χ0n) is 8.81. The van der Waals surface area contributed by atoms with E-state index in [-0.39, 0.29) is 11.7 Å². The first kappa shape index (κ1) is 9.40. The molecule has 1 N–H and O–H groups in total. The lowest BCUT2D eigenvalue weighted by molar-refractivity contribution is 0.0932. The van der Waals surface area contributed by atoms with Crippen LogP contribution in [0.2, 0.25) is 0 Å². The molecule has 1 aromatic carbocycles. The van der Waals surface area contributed by atoms with Gasteiger partial charge in [-0.25, -0.2) is 0 Å². The lowest BCUT2D eigenvalue weighted by Crippen LogP contribution is -2.25. The molecule has 0 saturated carbocycles. The maximum absolute atomic E-state index is 12.2. The normalized spacial score (nSPS) is 23.0. The molecule has 0 amide bonds. The quantitative estimate of drug-likeness (QED) is 0.671. The third-order valence-electron chi connectivity index (χ3n) is 3.37. The fourth-order valence-corrected chi connectivity index (χ4v) is 2.52. The number of rotatable bonds is 0. The summed E-state index contributed by atoms with van der Waals surface area (Å²) in [6.07, 6.45) is 5.44. The van der Waals surface area contributed by atoms with E-state index < -0.39 is 0 Å². The minimum atomic E-state index is -0.139. The van der Waals surface area contributed by atoms with Gasteiger partial charge in [0.05, 0.1) is 5.92 Å². The van der Waals surface area contributed by atoms with E-state index in [0.29, 0.717) is 29.7 Å². The minimum absolute atomic E-state index is 0.139. The second-order valence-electron chi connectivity index (χ2n) is 4.25. The zero-order chi connectivity index (χ0) is 11.1. The Morgan fingerprint density at radius 2 is 1.88 bits per heavy atom. The van der Waals surface area contributed by atoms with Gasteiger partial charge in [-0.15, -0.1) is 0 Å². The van der Waals surface area contributed by atoms with Gasteiger partial charge < -0.3 is 5.11 Å². The third-order valence-corrected chi connectivity index (χ3v) is 3.37. The van der Waals surface area contributed by atoms with Crippen molar-refractivity contribution in [2.24, 2.45) is 5.92 Å². The molecule has 0 radical (unpaired) electrons. The summed E-state index contributed by atoms with van der Waals surface area (Å²) >= 11 is 0. The van der Waals surface area contributed by atoms with Gasteiger partial charge in [0.15, 0.2) is 5.78 Å². The van der Waals surface area contributed by atoms with Gasteiger partial charge in [0, 0.05) is 11.1 Å². The Labute approximate surface area is 93.9 Å². The van der Waals surface area contributed by atoms with E-state index in [1.54, 1.807) is 6.07 Å². The van der Waals surface area contributed by atoms with Crippen LogP contribution in [0.15, 0.2) is 42.0 Å². The highest BCUT2D eigenvalue weighted by Crippen LogP contribution is 2.38. The summed E-state index contributed by atoms with van der Waals surface area (Å²) in [6, 6.07) is 7.29. The number of carbonyl (C=O) groups is 1. The monoisotopic (exact) mass is 212 g/mol. The van der Waals surface area contributed by atoms with Crippen molar-refractivity contribution < 1.29 is 9.90 Å². The summed E-state index contributed by atoms with van der Waals surface area (Å²) in [7, 11) is 0. The number of hydrogen-bond donors (Lipinski definition) is 1. The SMILES string of the molecule is O=C1c2ccccc2C(O)=C2CC=CCC12. The van der Waals surface area contributed by atoms with Crippen LogP contribution in [0.5, 0.6) is 0 Å². The average molecular weight is 212 g/mol. The van der Waals surface area contributed by atoms with Crippen LogP contribution in [0.25, 0.3) is 5.76 Å². The number of aliphatic hydroxyl groups is 1. The van der Waals surface area contributed by atoms with E-state index in [9.17, 15) is 9.90 Å². The predicted molar refractivity (Wildman–Crippen MR) is 62.2 cm³/mol. The minimum Gasteiger partial charge on any atom is -0.507 e. The highest BCUT2D eigenvalue weighted by Gasteiger charge is 2.33. The molecule has 0 fully saturated rings. The van der Waals surface area contributed by atoms with E-state index in [1.165, 1.54) is 0 Å². The van der Waals surface area contributed by atoms with Crippen LogP contribution in [0.4, 0.5) is 0 Å². The molecule has 1 aromatic rings. The number of carbonyl (C=O) groups excluding carboxylic acids is 1. The van der Waals surface area contributed by atoms with Gasteiger partial charge in [-0.1, -0.05) is 36.4 Å². The summed E-state index contributed by atoms with van der Waals surface area (Å²) in [4.78, 5) is 12.2. The van der Waals surface area contributed by atoms with Crippen molar-refractivity contribution in [3.05, 3.63) is 53.1 Å². The first-order valence-electron chi connectivity index (χ1n) is 5.49. The van der Waals surface area contributed by atoms with E-state index in [1.807, 2.05) is 30.4 Å². The Bertz CT molecular complexity index is 523. The molecular weight excluding hydrogens is 200 g/mol. The number of hydrogen-bond acceptors (Lipinski definition) is 2. The summed E-state index contributed by atoms with van der Waals surface area (Å²) in [6.45, 7) is 0. The molecule has 2 aliphatic carbocycles. The van der Waals surface area contributed by atoms with Crippen molar-refractivity contribution in [3.8, 4) is 0 Å². The Hall–Kier alpha value is -1.83. The first-order valence-corrected chi connectivity index (χ1v) is 5.49. The Morgan fingerprint density at radius 1 is 1.12 bits per heavy atom. The number of fused-ring (bicyclic) bond motifs is 2. The molecule has 2 heteroatoms. The van der Waals surface area contributed by atoms with Gasteiger partial charge in [0.25, 0.3) is 0 Å². The summed E-state index contributed by atoms with van der Waals surface area (Å²) in [5.74, 6) is 0.317. The highest BCUT2D eigenvalue weighted by atomic mass is 16.3. The number of ketones is 1. The molecule has 0 spiro atoms. The highest BCUT2D eigenvalue weighted by molar-refractivity contribution is 6.06. The first-order chi connectivity index (χ1) is 7.79. The fourth-order valence-electron chi connectivity index (χ4n) is 2.52. The Balaban J connectivity index is 2.25. The van der Waals surface area contributed by atoms with Crippen molar-refractivity contribution in [1.82, 2.24) is 0 Å². The maximum Gasteiger partial charge on any atom is 0.171 e. The second kappa shape index (κ2) is 3.34. The van der Waals surface area contributed by atoms with Gasteiger partial charge >= 0.3 is 0 Å². The fraction of sp³-hybridized carbons (Fsp3) is 0.214. The van der Waals surface area contributed by atoms with Crippen LogP contribution in [0.3, 0.4) is 0 Å². The molecule has 2 aliphatic rings. The maximum atomic E-state index is 12.2. The van der Waals surface area contributed by atoms with Crippen molar-refractivity contribution >= 4 is 11.5 Å². The lowest BCUT2D eigenvalue weighted by Gasteiger charge is -2.27. The van der Waals surface area contributed by atoms with Crippen LogP contribution >= 0.6 is 0 Å². The van der Waals surface area contributed by atoms with Crippen LogP contribution in [0.1, 0.15) is 28.8 Å². The molecule has 16 heavy (non-hydrogen) atoms. The largest absolute Gasteiger partial charge is 0.507 e. The average Bonchev–Trinajstić information content (AvgIpc) is 2.36. The predicted octanol–water partition coefficient (Wildman–Crippen LogP) is 3.12. The molecule has 1 atom stereocenters. The standard InChI is InChI=1S/C14H12O2/c15-13-9-5-1-2-6-10(9)14(16)12-8-4-3-7-11(12)13/h1-6,11,16H,7-8H2. The Morgan fingerprint density at radius 3 is 2.69 bits per heavy atom. The third kappa shape index (κ3) is 1.16. The van der Waals surface area contributed by atoms with E-state index in [0.717, 1.165) is 5.57 Å². The van der Waals surface area contributed by atoms with E-state index in [4.69, 9.17) is 0 Å². The summed E-state index contributed by atoms with van der Waals surface area (Å²) < 4.78 is 0. The Kier molecular flexibility index (Phi) is 1.96. The van der Waals surface area contributed by atoms with Gasteiger partial charge in [-0.3, -0.25) is 4.79 Å². The van der Waals surface area contributed by atoms with Crippen LogP contribution < -0.4 is 0 Å². The zero-order valence-corrected chi connectivity index (χ0v) is 8.81. The number of aliphatic hydroxyl groups excluding tert-OH is 1. The van der Waals surface area contributed by atoms with Crippen LogP contribution in [0, 0.1) is 5.92 Å². The summed E-state index contributed by atoms with van der Waals surface area (Å²) in [5, 5.41) is 10.2. The van der Waals surface area contributed by atoms with Gasteiger partial charge in [-0.05, 0) is 18.4 Å². The van der Waals surface area contributed by atoms with Gasteiger partial charge in [-0.2, -0.15) is 0 Å². The smallest absolute Gasteiger partial charge is 0.171 e. The topological polar surface area (TPSA) is 37.3 Å². The van der Waals surface area contributed by atoms with Crippen molar-refractivity contribution in [3.63, 3.8) is 0 Å². The number of Topliss-reactive ketones (excluding diaryl/α,β-unsaturated/α-hetero) is 1. The number of allylic oxidation sites excluding steroid dienone is 3. The second-order valence-corrected chi connectivity index (χ2v) is 4.25. The molecule has 0 bridgehead atoms. The molecule has 0 aliphatic heterocycles. The molecule has 80 valence electrons. The van der Waals surface area contributed by atoms with Crippen LogP contribution in [-0.4, -0.2) is 10.9 Å². The lowest BCUT2D eigenvalue weighted by atomic mass is 9.76. The molecule has 0 aromatic heterocycles. The van der Waals surface area contributed by atoms with Crippen molar-refractivity contribution in [2.45, 2.75) is 12.8 Å². The van der Waals surface area contributed by atoms with Crippen molar-refractivity contribution in [1.29, 1.82) is 0 Å². The molecule has 2 nitrogen and oxygen atoms in total. The van der Waals surface area contributed by atoms with E-state index in [2.05, 4.69) is 0 Å². The molecular formula is C14H12O2. The molecule has 3 rings (SSSR count). The molecule has 1 unspecified atom stereocenters. The van der Waals surface area contributed by atoms with E-state index >= 15 is 0 Å². The van der Waals surface area contributed by atoms with Crippen LogP contribution in [-0.2, 0) is 0 Å². The molecule has 0 saturated heterocycles. The number of benzene rings is 1.